The third-order valence-electron chi connectivity index (χ3n) is 3.00. The van der Waals surface area contributed by atoms with Crippen LogP contribution in [0.15, 0.2) is 35.5 Å². The van der Waals surface area contributed by atoms with Crippen LogP contribution in [0.4, 0.5) is 0 Å². The summed E-state index contributed by atoms with van der Waals surface area (Å²) < 4.78 is 10.6. The van der Waals surface area contributed by atoms with E-state index in [-0.39, 0.29) is 18.3 Å². The van der Waals surface area contributed by atoms with Crippen molar-refractivity contribution in [2.75, 3.05) is 14.2 Å². The van der Waals surface area contributed by atoms with Gasteiger partial charge in [0.05, 0.1) is 11.6 Å². The van der Waals surface area contributed by atoms with Crippen LogP contribution in [0.2, 0.25) is 0 Å². The van der Waals surface area contributed by atoms with Gasteiger partial charge in [-0.1, -0.05) is 35.5 Å². The van der Waals surface area contributed by atoms with Crippen molar-refractivity contribution in [2.24, 2.45) is 11.1 Å². The average Bonchev–Trinajstić information content (AvgIpc) is 2.75. The fourth-order valence-corrected chi connectivity index (χ4v) is 2.13. The smallest absolute Gasteiger partial charge is 0.168 e. The summed E-state index contributed by atoms with van der Waals surface area (Å²) in [5.41, 5.74) is 1.98. The van der Waals surface area contributed by atoms with Gasteiger partial charge in [-0.15, -0.1) is 0 Å². The van der Waals surface area contributed by atoms with Crippen molar-refractivity contribution in [1.29, 1.82) is 0 Å². The van der Waals surface area contributed by atoms with Crippen LogP contribution < -0.4 is 0 Å². The molecule has 1 heterocycles. The van der Waals surface area contributed by atoms with Crippen LogP contribution in [0.1, 0.15) is 18.6 Å². The molecule has 2 atom stereocenters. The second kappa shape index (κ2) is 5.29. The highest BCUT2D eigenvalue weighted by Crippen LogP contribution is 2.35. The van der Waals surface area contributed by atoms with E-state index < -0.39 is 0 Å². The lowest BCUT2D eigenvalue weighted by Crippen LogP contribution is -2.32. The summed E-state index contributed by atoms with van der Waals surface area (Å²) in [5.74, 6) is -0.00704. The maximum Gasteiger partial charge on any atom is 0.168 e. The molecule has 1 aliphatic heterocycles. The Balaban J connectivity index is 2.24. The molecule has 0 N–H and O–H groups in total. The van der Waals surface area contributed by atoms with Gasteiger partial charge in [-0.2, -0.15) is 0 Å². The third-order valence-corrected chi connectivity index (χ3v) is 3.00. The second-order valence-electron chi connectivity index (χ2n) is 4.03. The van der Waals surface area contributed by atoms with Crippen LogP contribution in [-0.4, -0.2) is 26.2 Å². The van der Waals surface area contributed by atoms with Crippen LogP contribution in [-0.2, 0) is 14.3 Å². The minimum atomic E-state index is -0.341. The quantitative estimate of drug-likeness (QED) is 0.752. The summed E-state index contributed by atoms with van der Waals surface area (Å²) in [6.45, 7) is 1.93. The number of oxime groups is 1. The Labute approximate surface area is 101 Å². The summed E-state index contributed by atoms with van der Waals surface area (Å²) in [7, 11) is 3.25. The molecule has 0 amide bonds. The maximum absolute atomic E-state index is 5.48. The molecule has 92 valence electrons. The predicted octanol–water partition coefficient (Wildman–Crippen LogP) is 2.37. The van der Waals surface area contributed by atoms with Crippen molar-refractivity contribution >= 4 is 5.71 Å². The number of nitrogens with zero attached hydrogens (tertiary/aromatic N) is 1. The highest BCUT2D eigenvalue weighted by molar-refractivity contribution is 5.86. The SMILES string of the molecule is COC(OC)C1C(C)=NOC1c1ccccc1. The summed E-state index contributed by atoms with van der Waals surface area (Å²) in [4.78, 5) is 5.48. The van der Waals surface area contributed by atoms with E-state index >= 15 is 0 Å². The fourth-order valence-electron chi connectivity index (χ4n) is 2.13. The zero-order chi connectivity index (χ0) is 12.3. The van der Waals surface area contributed by atoms with Gasteiger partial charge in [-0.3, -0.25) is 0 Å². The molecule has 1 aromatic rings. The molecule has 17 heavy (non-hydrogen) atoms. The largest absolute Gasteiger partial charge is 0.387 e. The summed E-state index contributed by atoms with van der Waals surface area (Å²) in [6, 6.07) is 9.99. The van der Waals surface area contributed by atoms with Crippen molar-refractivity contribution in [3.63, 3.8) is 0 Å². The number of rotatable bonds is 4. The summed E-state index contributed by atoms with van der Waals surface area (Å²) in [6.07, 6.45) is -0.479. The Hall–Kier alpha value is -1.39. The topological polar surface area (TPSA) is 40.0 Å². The highest BCUT2D eigenvalue weighted by Gasteiger charge is 2.39. The molecule has 4 nitrogen and oxygen atoms in total. The fraction of sp³-hybridized carbons (Fsp3) is 0.462. The van der Waals surface area contributed by atoms with Crippen LogP contribution >= 0.6 is 0 Å². The zero-order valence-corrected chi connectivity index (χ0v) is 10.3. The van der Waals surface area contributed by atoms with Gasteiger partial charge < -0.3 is 14.3 Å². The first-order chi connectivity index (χ1) is 8.27. The maximum atomic E-state index is 5.48. The molecule has 2 rings (SSSR count). The molecule has 0 spiro atoms. The molecule has 2 unspecified atom stereocenters. The van der Waals surface area contributed by atoms with Crippen molar-refractivity contribution in [1.82, 2.24) is 0 Å². The lowest BCUT2D eigenvalue weighted by atomic mass is 9.92. The lowest BCUT2D eigenvalue weighted by molar-refractivity contribution is -0.142. The van der Waals surface area contributed by atoms with Crippen molar-refractivity contribution in [2.45, 2.75) is 19.3 Å². The van der Waals surface area contributed by atoms with Gasteiger partial charge in [0.2, 0.25) is 0 Å². The van der Waals surface area contributed by atoms with Gasteiger partial charge >= 0.3 is 0 Å². The summed E-state index contributed by atoms with van der Waals surface area (Å²) >= 11 is 0. The second-order valence-corrected chi connectivity index (χ2v) is 4.03. The first-order valence-electron chi connectivity index (χ1n) is 5.58. The van der Waals surface area contributed by atoms with Gasteiger partial charge in [-0.25, -0.2) is 0 Å². The van der Waals surface area contributed by atoms with E-state index in [0.717, 1.165) is 11.3 Å². The van der Waals surface area contributed by atoms with Crippen LogP contribution in [0.3, 0.4) is 0 Å². The van der Waals surface area contributed by atoms with E-state index in [0.29, 0.717) is 0 Å². The molecule has 0 radical (unpaired) electrons. The number of benzene rings is 1. The number of ether oxygens (including phenoxy) is 2. The molecule has 0 saturated heterocycles. The Bertz CT molecular complexity index is 387. The average molecular weight is 235 g/mol. The molecule has 1 aliphatic rings. The van der Waals surface area contributed by atoms with E-state index in [1.165, 1.54) is 0 Å². The molecule has 0 aromatic heterocycles. The van der Waals surface area contributed by atoms with Gasteiger partial charge in [-0.05, 0) is 12.5 Å². The highest BCUT2D eigenvalue weighted by atomic mass is 16.7. The molecule has 0 fully saturated rings. The Morgan fingerprint density at radius 1 is 1.18 bits per heavy atom. The van der Waals surface area contributed by atoms with E-state index in [1.54, 1.807) is 14.2 Å². The Morgan fingerprint density at radius 2 is 1.82 bits per heavy atom. The molecular formula is C13H17NO3. The molecule has 0 saturated carbocycles. The van der Waals surface area contributed by atoms with E-state index in [4.69, 9.17) is 14.3 Å². The Kier molecular flexibility index (Phi) is 3.76. The summed E-state index contributed by atoms with van der Waals surface area (Å²) in [5, 5.41) is 4.05. The Morgan fingerprint density at radius 3 is 2.41 bits per heavy atom. The number of methoxy groups -OCH3 is 2. The lowest BCUT2D eigenvalue weighted by Gasteiger charge is -2.24. The zero-order valence-electron chi connectivity index (χ0n) is 10.3. The molecule has 0 bridgehead atoms. The van der Waals surface area contributed by atoms with E-state index in [1.807, 2.05) is 37.3 Å². The van der Waals surface area contributed by atoms with E-state index in [9.17, 15) is 0 Å². The molecule has 4 heteroatoms. The van der Waals surface area contributed by atoms with Gasteiger partial charge in [0.15, 0.2) is 12.4 Å². The number of hydrogen-bond acceptors (Lipinski definition) is 4. The van der Waals surface area contributed by atoms with Gasteiger partial charge in [0, 0.05) is 14.2 Å². The minimum Gasteiger partial charge on any atom is -0.387 e. The first-order valence-corrected chi connectivity index (χ1v) is 5.58. The van der Waals surface area contributed by atoms with Crippen LogP contribution in [0, 0.1) is 5.92 Å². The third kappa shape index (κ3) is 2.33. The van der Waals surface area contributed by atoms with Crippen molar-refractivity contribution in [3.8, 4) is 0 Å². The van der Waals surface area contributed by atoms with E-state index in [2.05, 4.69) is 5.16 Å². The predicted molar refractivity (Wildman–Crippen MR) is 64.7 cm³/mol. The number of hydrogen-bond donors (Lipinski definition) is 0. The first kappa shape index (κ1) is 12.1. The molecule has 0 aliphatic carbocycles. The standard InChI is InChI=1S/C13H17NO3/c1-9-11(13(15-2)16-3)12(17-14-9)10-7-5-4-6-8-10/h4-8,11-13H,1-3H3. The van der Waals surface area contributed by atoms with Crippen molar-refractivity contribution in [3.05, 3.63) is 35.9 Å². The monoisotopic (exact) mass is 235 g/mol. The molecule has 1 aromatic carbocycles. The van der Waals surface area contributed by atoms with Crippen LogP contribution in [0.25, 0.3) is 0 Å². The van der Waals surface area contributed by atoms with Gasteiger partial charge in [0.25, 0.3) is 0 Å². The van der Waals surface area contributed by atoms with Crippen LogP contribution in [0.5, 0.6) is 0 Å². The minimum absolute atomic E-state index is 0.00704. The van der Waals surface area contributed by atoms with Gasteiger partial charge in [0.1, 0.15) is 0 Å². The molecular weight excluding hydrogens is 218 g/mol. The van der Waals surface area contributed by atoms with Crippen molar-refractivity contribution < 1.29 is 14.3 Å². The normalized spacial score (nSPS) is 23.6.